The fraction of sp³-hybridized carbons (Fsp3) is 1.00. The summed E-state index contributed by atoms with van der Waals surface area (Å²) < 4.78 is 0. The molecule has 1 aliphatic rings. The van der Waals surface area contributed by atoms with Crippen LogP contribution >= 0.6 is 0 Å². The fourth-order valence-corrected chi connectivity index (χ4v) is 2.39. The number of hydrogen-bond donors (Lipinski definition) is 2. The van der Waals surface area contributed by atoms with Crippen LogP contribution in [0, 0.1) is 5.92 Å². The van der Waals surface area contributed by atoms with E-state index in [-0.39, 0.29) is 0 Å². The highest BCUT2D eigenvalue weighted by Gasteiger charge is 2.19. The van der Waals surface area contributed by atoms with Crippen LogP contribution in [0.1, 0.15) is 39.0 Å². The van der Waals surface area contributed by atoms with E-state index in [0.717, 1.165) is 18.9 Å². The van der Waals surface area contributed by atoms with Crippen molar-refractivity contribution in [3.63, 3.8) is 0 Å². The first-order valence-electron chi connectivity index (χ1n) is 6.90. The number of hydrogen-bond acceptors (Lipinski definition) is 3. The summed E-state index contributed by atoms with van der Waals surface area (Å²) >= 11 is 0. The predicted molar refractivity (Wildman–Crippen MR) is 68.6 cm³/mol. The van der Waals surface area contributed by atoms with Crippen molar-refractivity contribution in [2.24, 2.45) is 5.92 Å². The molecular weight excluding hydrogens is 200 g/mol. The molecule has 0 spiro atoms. The quantitative estimate of drug-likeness (QED) is 0.587. The number of aliphatic hydroxyl groups is 1. The molecule has 0 radical (unpaired) electrons. The highest BCUT2D eigenvalue weighted by molar-refractivity contribution is 4.76. The van der Waals surface area contributed by atoms with Crippen LogP contribution in [0.25, 0.3) is 0 Å². The fourth-order valence-electron chi connectivity index (χ4n) is 2.39. The van der Waals surface area contributed by atoms with Gasteiger partial charge in [0.2, 0.25) is 0 Å². The van der Waals surface area contributed by atoms with Crippen LogP contribution in [0.2, 0.25) is 0 Å². The van der Waals surface area contributed by atoms with Gasteiger partial charge in [0.25, 0.3) is 0 Å². The van der Waals surface area contributed by atoms with E-state index in [1.165, 1.54) is 51.9 Å². The van der Waals surface area contributed by atoms with Gasteiger partial charge in [0.1, 0.15) is 0 Å². The summed E-state index contributed by atoms with van der Waals surface area (Å²) in [5, 5.41) is 12.2. The van der Waals surface area contributed by atoms with Crippen molar-refractivity contribution in [2.75, 3.05) is 39.3 Å². The molecule has 0 aromatic carbocycles. The van der Waals surface area contributed by atoms with Crippen LogP contribution in [-0.2, 0) is 0 Å². The Morgan fingerprint density at radius 3 is 2.75 bits per heavy atom. The molecule has 3 heteroatoms. The molecule has 1 fully saturated rings. The van der Waals surface area contributed by atoms with E-state index in [9.17, 15) is 0 Å². The largest absolute Gasteiger partial charge is 0.396 e. The Labute approximate surface area is 100 Å². The maximum atomic E-state index is 8.64. The van der Waals surface area contributed by atoms with Gasteiger partial charge < -0.3 is 15.3 Å². The monoisotopic (exact) mass is 228 g/mol. The van der Waals surface area contributed by atoms with E-state index in [2.05, 4.69) is 17.1 Å². The Balaban J connectivity index is 1.84. The minimum atomic E-state index is 0.350. The maximum Gasteiger partial charge on any atom is 0.0431 e. The molecule has 0 saturated carbocycles. The maximum absolute atomic E-state index is 8.64. The van der Waals surface area contributed by atoms with Crippen molar-refractivity contribution in [1.82, 2.24) is 10.2 Å². The zero-order chi connectivity index (χ0) is 11.6. The standard InChI is InChI=1S/C13H28N2O/c1-2-15-9-7-13(12-15)11-14-8-5-3-4-6-10-16/h13-14,16H,2-12H2,1H3. The average Bonchev–Trinajstić information content (AvgIpc) is 2.76. The summed E-state index contributed by atoms with van der Waals surface area (Å²) in [6.45, 7) is 8.72. The van der Waals surface area contributed by atoms with Crippen molar-refractivity contribution < 1.29 is 5.11 Å². The van der Waals surface area contributed by atoms with Crippen LogP contribution < -0.4 is 5.32 Å². The first-order valence-corrected chi connectivity index (χ1v) is 6.90. The van der Waals surface area contributed by atoms with Gasteiger partial charge >= 0.3 is 0 Å². The van der Waals surface area contributed by atoms with Gasteiger partial charge in [0.15, 0.2) is 0 Å². The van der Waals surface area contributed by atoms with Gasteiger partial charge in [-0.05, 0) is 51.4 Å². The van der Waals surface area contributed by atoms with Crippen molar-refractivity contribution >= 4 is 0 Å². The molecule has 1 unspecified atom stereocenters. The summed E-state index contributed by atoms with van der Waals surface area (Å²) in [7, 11) is 0. The second-order valence-corrected chi connectivity index (χ2v) is 4.89. The molecule has 1 atom stereocenters. The lowest BCUT2D eigenvalue weighted by molar-refractivity contribution is 0.282. The number of aliphatic hydroxyl groups excluding tert-OH is 1. The Kier molecular flexibility index (Phi) is 7.81. The molecule has 0 aromatic rings. The van der Waals surface area contributed by atoms with Crippen LogP contribution in [0.3, 0.4) is 0 Å². The molecule has 0 aliphatic carbocycles. The molecule has 1 aliphatic heterocycles. The minimum Gasteiger partial charge on any atom is -0.396 e. The molecule has 2 N–H and O–H groups in total. The van der Waals surface area contributed by atoms with Gasteiger partial charge in [0, 0.05) is 13.2 Å². The molecular formula is C13H28N2O. The van der Waals surface area contributed by atoms with Gasteiger partial charge in [-0.25, -0.2) is 0 Å². The predicted octanol–water partition coefficient (Wildman–Crippen LogP) is 1.47. The van der Waals surface area contributed by atoms with E-state index in [4.69, 9.17) is 5.11 Å². The summed E-state index contributed by atoms with van der Waals surface area (Å²) in [5.41, 5.74) is 0. The lowest BCUT2D eigenvalue weighted by atomic mass is 10.1. The normalized spacial score (nSPS) is 21.8. The van der Waals surface area contributed by atoms with E-state index < -0.39 is 0 Å². The van der Waals surface area contributed by atoms with Crippen molar-refractivity contribution in [3.8, 4) is 0 Å². The molecule has 0 amide bonds. The van der Waals surface area contributed by atoms with E-state index in [1.54, 1.807) is 0 Å². The Hall–Kier alpha value is -0.120. The molecule has 96 valence electrons. The van der Waals surface area contributed by atoms with Crippen LogP contribution in [0.5, 0.6) is 0 Å². The topological polar surface area (TPSA) is 35.5 Å². The van der Waals surface area contributed by atoms with Crippen LogP contribution in [0.4, 0.5) is 0 Å². The summed E-state index contributed by atoms with van der Waals surface area (Å²) in [5.74, 6) is 0.873. The second kappa shape index (κ2) is 8.97. The van der Waals surface area contributed by atoms with E-state index >= 15 is 0 Å². The lowest BCUT2D eigenvalue weighted by Crippen LogP contribution is -2.27. The number of unbranched alkanes of at least 4 members (excludes halogenated alkanes) is 3. The summed E-state index contributed by atoms with van der Waals surface area (Å²) in [6.07, 6.45) is 6.01. The Bertz CT molecular complexity index is 164. The molecule has 1 rings (SSSR count). The lowest BCUT2D eigenvalue weighted by Gasteiger charge is -2.13. The van der Waals surface area contributed by atoms with Crippen LogP contribution in [-0.4, -0.2) is 49.3 Å². The number of rotatable bonds is 9. The van der Waals surface area contributed by atoms with Crippen molar-refractivity contribution in [3.05, 3.63) is 0 Å². The molecule has 0 aromatic heterocycles. The van der Waals surface area contributed by atoms with Crippen molar-refractivity contribution in [1.29, 1.82) is 0 Å². The highest BCUT2D eigenvalue weighted by atomic mass is 16.2. The molecule has 1 saturated heterocycles. The smallest absolute Gasteiger partial charge is 0.0431 e. The molecule has 16 heavy (non-hydrogen) atoms. The highest BCUT2D eigenvalue weighted by Crippen LogP contribution is 2.14. The zero-order valence-electron chi connectivity index (χ0n) is 10.7. The van der Waals surface area contributed by atoms with E-state index in [1.807, 2.05) is 0 Å². The third-order valence-corrected chi connectivity index (χ3v) is 3.51. The summed E-state index contributed by atoms with van der Waals surface area (Å²) in [4.78, 5) is 2.54. The Morgan fingerprint density at radius 1 is 1.25 bits per heavy atom. The molecule has 0 bridgehead atoms. The molecule has 3 nitrogen and oxygen atoms in total. The van der Waals surface area contributed by atoms with Gasteiger partial charge in [-0.1, -0.05) is 19.8 Å². The minimum absolute atomic E-state index is 0.350. The first-order chi connectivity index (χ1) is 7.86. The third kappa shape index (κ3) is 5.83. The van der Waals surface area contributed by atoms with Crippen molar-refractivity contribution in [2.45, 2.75) is 39.0 Å². The summed E-state index contributed by atoms with van der Waals surface area (Å²) in [6, 6.07) is 0. The number of nitrogens with zero attached hydrogens (tertiary/aromatic N) is 1. The first kappa shape index (κ1) is 13.9. The number of likely N-dealkylation sites (tertiary alicyclic amines) is 1. The zero-order valence-corrected chi connectivity index (χ0v) is 10.7. The van der Waals surface area contributed by atoms with Gasteiger partial charge in [-0.2, -0.15) is 0 Å². The van der Waals surface area contributed by atoms with Gasteiger partial charge in [-0.3, -0.25) is 0 Å². The van der Waals surface area contributed by atoms with Gasteiger partial charge in [-0.15, -0.1) is 0 Å². The second-order valence-electron chi connectivity index (χ2n) is 4.89. The third-order valence-electron chi connectivity index (χ3n) is 3.51. The van der Waals surface area contributed by atoms with Gasteiger partial charge in [0.05, 0.1) is 0 Å². The van der Waals surface area contributed by atoms with Crippen LogP contribution in [0.15, 0.2) is 0 Å². The Morgan fingerprint density at radius 2 is 2.06 bits per heavy atom. The molecule has 1 heterocycles. The SMILES string of the molecule is CCN1CCC(CNCCCCCCO)C1. The average molecular weight is 228 g/mol. The number of nitrogens with one attached hydrogen (secondary N) is 1. The van der Waals surface area contributed by atoms with E-state index in [0.29, 0.717) is 6.61 Å².